The van der Waals surface area contributed by atoms with Crippen LogP contribution in [0.25, 0.3) is 0 Å². The third-order valence-electron chi connectivity index (χ3n) is 3.71. The van der Waals surface area contributed by atoms with E-state index in [9.17, 15) is 18.0 Å². The number of carbonyl (C=O) groups excluding carboxylic acids is 1. The third kappa shape index (κ3) is 4.47. The maximum atomic E-state index is 13.0. The highest BCUT2D eigenvalue weighted by atomic mass is 32.2. The van der Waals surface area contributed by atoms with Crippen molar-refractivity contribution in [1.29, 1.82) is 0 Å². The average Bonchev–Trinajstić information content (AvgIpc) is 2.54. The summed E-state index contributed by atoms with van der Waals surface area (Å²) in [6, 6.07) is 7.21. The van der Waals surface area contributed by atoms with Crippen molar-refractivity contribution in [2.75, 3.05) is 17.7 Å². The number of carbonyl (C=O) groups is 1. The Bertz CT molecular complexity index is 629. The summed E-state index contributed by atoms with van der Waals surface area (Å²) >= 11 is 0.873. The number of alkyl halides is 3. The van der Waals surface area contributed by atoms with E-state index in [-0.39, 0.29) is 12.5 Å². The molecule has 24 heavy (non-hydrogen) atoms. The molecule has 1 heterocycles. The molecule has 7 heteroatoms. The van der Waals surface area contributed by atoms with Gasteiger partial charge in [-0.15, -0.1) is 11.8 Å². The maximum Gasteiger partial charge on any atom is 0.450 e. The minimum atomic E-state index is -4.67. The highest BCUT2D eigenvalue weighted by molar-refractivity contribution is 8.04. The Labute approximate surface area is 143 Å². The lowest BCUT2D eigenvalue weighted by atomic mass is 9.95. The van der Waals surface area contributed by atoms with Crippen LogP contribution in [0.4, 0.5) is 18.9 Å². The number of anilines is 1. The molecule has 0 saturated heterocycles. The third-order valence-corrected chi connectivity index (χ3v) is 4.74. The Morgan fingerprint density at radius 3 is 2.75 bits per heavy atom. The lowest BCUT2D eigenvalue weighted by Crippen LogP contribution is -2.26. The molecule has 3 nitrogen and oxygen atoms in total. The van der Waals surface area contributed by atoms with Gasteiger partial charge in [0.25, 0.3) is 5.91 Å². The smallest absolute Gasteiger partial charge is 0.450 e. The van der Waals surface area contributed by atoms with E-state index in [0.29, 0.717) is 11.4 Å². The standard InChI is InChI=1S/C17H20F3NO2S/c1-3-6-11(2)12-7-4-5-8-13(12)21-16(22)14-15(17(18,19)20)23-9-10-24-14/h4-5,7-8,11H,3,6,9-10H2,1-2H3,(H,21,22). The van der Waals surface area contributed by atoms with E-state index in [4.69, 9.17) is 4.74 Å². The normalized spacial score (nSPS) is 16.5. The summed E-state index contributed by atoms with van der Waals surface area (Å²) < 4.78 is 43.8. The van der Waals surface area contributed by atoms with Gasteiger partial charge >= 0.3 is 6.18 Å². The number of hydrogen-bond donors (Lipinski definition) is 1. The minimum absolute atomic E-state index is 0.0551. The van der Waals surface area contributed by atoms with E-state index < -0.39 is 22.7 Å². The summed E-state index contributed by atoms with van der Waals surface area (Å²) in [6.45, 7) is 4.04. The molecule has 1 unspecified atom stereocenters. The van der Waals surface area contributed by atoms with Gasteiger partial charge in [-0.2, -0.15) is 13.2 Å². The number of ether oxygens (including phenoxy) is 1. The van der Waals surface area contributed by atoms with E-state index in [1.54, 1.807) is 12.1 Å². The molecule has 0 aromatic heterocycles. The summed E-state index contributed by atoms with van der Waals surface area (Å²) in [7, 11) is 0. The molecule has 1 aromatic rings. The first kappa shape index (κ1) is 18.7. The second kappa shape index (κ2) is 7.96. The fourth-order valence-corrected chi connectivity index (χ4v) is 3.46. The van der Waals surface area contributed by atoms with Crippen molar-refractivity contribution in [3.05, 3.63) is 40.5 Å². The molecule has 1 amide bonds. The molecular weight excluding hydrogens is 339 g/mol. The number of amides is 1. The Kier molecular flexibility index (Phi) is 6.21. The highest BCUT2D eigenvalue weighted by Gasteiger charge is 2.42. The summed E-state index contributed by atoms with van der Waals surface area (Å²) in [5, 5.41) is 2.62. The predicted octanol–water partition coefficient (Wildman–Crippen LogP) is 5.07. The lowest BCUT2D eigenvalue weighted by Gasteiger charge is -2.22. The fourth-order valence-electron chi connectivity index (χ4n) is 2.61. The van der Waals surface area contributed by atoms with E-state index in [2.05, 4.69) is 12.2 Å². The first-order valence-corrected chi connectivity index (χ1v) is 8.80. The zero-order chi connectivity index (χ0) is 17.7. The number of nitrogens with one attached hydrogen (secondary N) is 1. The van der Waals surface area contributed by atoms with Crippen LogP contribution in [0.15, 0.2) is 34.9 Å². The van der Waals surface area contributed by atoms with Gasteiger partial charge in [-0.05, 0) is 24.0 Å². The van der Waals surface area contributed by atoms with Gasteiger partial charge in [-0.25, -0.2) is 0 Å². The number of para-hydroxylation sites is 1. The van der Waals surface area contributed by atoms with Crippen molar-refractivity contribution in [2.24, 2.45) is 0 Å². The SMILES string of the molecule is CCCC(C)c1ccccc1NC(=O)C1=C(C(F)(F)F)OCCS1. The second-order valence-corrected chi connectivity index (χ2v) is 6.69. The van der Waals surface area contributed by atoms with Gasteiger partial charge in [0.2, 0.25) is 5.76 Å². The quantitative estimate of drug-likeness (QED) is 0.798. The fraction of sp³-hybridized carbons (Fsp3) is 0.471. The van der Waals surface area contributed by atoms with Gasteiger partial charge in [0.05, 0.1) is 6.61 Å². The van der Waals surface area contributed by atoms with E-state index in [0.717, 1.165) is 30.2 Å². The predicted molar refractivity (Wildman–Crippen MR) is 89.9 cm³/mol. The molecule has 0 bridgehead atoms. The molecule has 0 radical (unpaired) electrons. The van der Waals surface area contributed by atoms with Crippen molar-refractivity contribution < 1.29 is 22.7 Å². The average molecular weight is 359 g/mol. The Balaban J connectivity index is 2.28. The zero-order valence-electron chi connectivity index (χ0n) is 13.6. The van der Waals surface area contributed by atoms with Crippen molar-refractivity contribution in [2.45, 2.75) is 38.8 Å². The largest absolute Gasteiger partial charge is 0.487 e. The zero-order valence-corrected chi connectivity index (χ0v) is 14.4. The molecule has 1 aromatic carbocycles. The molecule has 1 aliphatic heterocycles. The molecule has 0 spiro atoms. The maximum absolute atomic E-state index is 13.0. The van der Waals surface area contributed by atoms with Crippen molar-refractivity contribution in [1.82, 2.24) is 0 Å². The molecule has 0 aliphatic carbocycles. The Hall–Kier alpha value is -1.63. The van der Waals surface area contributed by atoms with Gasteiger partial charge in [-0.3, -0.25) is 4.79 Å². The number of rotatable bonds is 5. The van der Waals surface area contributed by atoms with Gasteiger partial charge in [-0.1, -0.05) is 38.5 Å². The second-order valence-electron chi connectivity index (χ2n) is 5.58. The summed E-state index contributed by atoms with van der Waals surface area (Å²) in [4.78, 5) is 12.0. The lowest BCUT2D eigenvalue weighted by molar-refractivity contribution is -0.133. The molecule has 2 rings (SSSR count). The van der Waals surface area contributed by atoms with E-state index >= 15 is 0 Å². The van der Waals surface area contributed by atoms with Crippen LogP contribution in [0.2, 0.25) is 0 Å². The van der Waals surface area contributed by atoms with Crippen molar-refractivity contribution >= 4 is 23.4 Å². The first-order valence-electron chi connectivity index (χ1n) is 7.82. The van der Waals surface area contributed by atoms with Crippen LogP contribution in [0.5, 0.6) is 0 Å². The van der Waals surface area contributed by atoms with Crippen LogP contribution in [0.3, 0.4) is 0 Å². The summed E-state index contributed by atoms with van der Waals surface area (Å²) in [5.41, 5.74) is 1.47. The highest BCUT2D eigenvalue weighted by Crippen LogP contribution is 2.37. The number of allylic oxidation sites excluding steroid dienone is 1. The molecule has 0 fully saturated rings. The van der Waals surface area contributed by atoms with Crippen LogP contribution < -0.4 is 5.32 Å². The van der Waals surface area contributed by atoms with Gasteiger partial charge < -0.3 is 10.1 Å². The molecule has 1 atom stereocenters. The van der Waals surface area contributed by atoms with Crippen LogP contribution in [-0.4, -0.2) is 24.4 Å². The number of thioether (sulfide) groups is 1. The number of benzene rings is 1. The van der Waals surface area contributed by atoms with E-state index in [1.165, 1.54) is 0 Å². The molecule has 132 valence electrons. The molecular formula is C17H20F3NO2S. The minimum Gasteiger partial charge on any atom is -0.487 e. The molecule has 1 aliphatic rings. The monoisotopic (exact) mass is 359 g/mol. The Morgan fingerprint density at radius 1 is 1.38 bits per heavy atom. The van der Waals surface area contributed by atoms with Gasteiger partial charge in [0, 0.05) is 11.4 Å². The number of hydrogen-bond acceptors (Lipinski definition) is 3. The first-order chi connectivity index (χ1) is 11.3. The summed E-state index contributed by atoms with van der Waals surface area (Å²) in [5.74, 6) is -1.45. The Morgan fingerprint density at radius 2 is 2.08 bits per heavy atom. The van der Waals surface area contributed by atoms with Crippen molar-refractivity contribution in [3.63, 3.8) is 0 Å². The van der Waals surface area contributed by atoms with Gasteiger partial charge in [0.15, 0.2) is 0 Å². The van der Waals surface area contributed by atoms with Crippen LogP contribution >= 0.6 is 11.8 Å². The molecule has 1 N–H and O–H groups in total. The van der Waals surface area contributed by atoms with Crippen LogP contribution in [0, 0.1) is 0 Å². The number of halogens is 3. The van der Waals surface area contributed by atoms with Crippen molar-refractivity contribution in [3.8, 4) is 0 Å². The van der Waals surface area contributed by atoms with E-state index in [1.807, 2.05) is 19.1 Å². The van der Waals surface area contributed by atoms with Crippen LogP contribution in [0.1, 0.15) is 38.2 Å². The topological polar surface area (TPSA) is 38.3 Å². The molecule has 0 saturated carbocycles. The van der Waals surface area contributed by atoms with Crippen LogP contribution in [-0.2, 0) is 9.53 Å². The summed E-state index contributed by atoms with van der Waals surface area (Å²) in [6.07, 6.45) is -2.76. The van der Waals surface area contributed by atoms with Gasteiger partial charge in [0.1, 0.15) is 4.91 Å².